The number of carbonyl (C=O) groups excluding carboxylic acids is 3. The molecule has 0 aromatic carbocycles. The lowest BCUT2D eigenvalue weighted by Crippen LogP contribution is -2.30. The lowest BCUT2D eigenvalue weighted by molar-refractivity contribution is -0.167. The SMILES string of the molecule is CC/C=C\C/C=C\C/C=C\C/C=C\C/C=C\CCCC(=O)OC(COC(=O)CCCCCCCCCCC/C=C\CCCCCCCC)COC(=O)CCCCCCCCCCCCCCCCC. The maximum Gasteiger partial charge on any atom is 0.306 e. The van der Waals surface area contributed by atoms with Crippen LogP contribution in [0.25, 0.3) is 0 Å². The molecule has 6 nitrogen and oxygen atoms in total. The van der Waals surface area contributed by atoms with Crippen molar-refractivity contribution in [2.45, 2.75) is 297 Å². The van der Waals surface area contributed by atoms with Gasteiger partial charge in [0.15, 0.2) is 6.10 Å². The van der Waals surface area contributed by atoms with Crippen molar-refractivity contribution in [1.29, 1.82) is 0 Å². The molecule has 69 heavy (non-hydrogen) atoms. The average molecular weight is 964 g/mol. The van der Waals surface area contributed by atoms with E-state index in [9.17, 15) is 14.4 Å². The van der Waals surface area contributed by atoms with Crippen LogP contribution in [0.3, 0.4) is 0 Å². The topological polar surface area (TPSA) is 78.9 Å². The van der Waals surface area contributed by atoms with Crippen LogP contribution >= 0.6 is 0 Å². The molecule has 0 N–H and O–H groups in total. The number of rotatable bonds is 53. The summed E-state index contributed by atoms with van der Waals surface area (Å²) in [5.41, 5.74) is 0. The van der Waals surface area contributed by atoms with Gasteiger partial charge in [-0.1, -0.05) is 261 Å². The molecule has 0 radical (unpaired) electrons. The number of hydrogen-bond acceptors (Lipinski definition) is 6. The van der Waals surface area contributed by atoms with Gasteiger partial charge in [0.2, 0.25) is 0 Å². The van der Waals surface area contributed by atoms with Crippen LogP contribution < -0.4 is 0 Å². The molecule has 1 atom stereocenters. The molecule has 398 valence electrons. The van der Waals surface area contributed by atoms with Crippen LogP contribution in [-0.2, 0) is 28.6 Å². The molecule has 0 heterocycles. The molecule has 0 aromatic heterocycles. The smallest absolute Gasteiger partial charge is 0.306 e. The zero-order valence-corrected chi connectivity index (χ0v) is 45.6. The first kappa shape index (κ1) is 65.8. The van der Waals surface area contributed by atoms with Gasteiger partial charge in [0.25, 0.3) is 0 Å². The number of ether oxygens (including phenoxy) is 3. The number of esters is 3. The van der Waals surface area contributed by atoms with Crippen LogP contribution in [-0.4, -0.2) is 37.2 Å². The van der Waals surface area contributed by atoms with E-state index in [4.69, 9.17) is 14.2 Å². The summed E-state index contributed by atoms with van der Waals surface area (Å²) in [5, 5.41) is 0. The Bertz CT molecular complexity index is 1290. The van der Waals surface area contributed by atoms with Crippen LogP contribution in [0, 0.1) is 0 Å². The van der Waals surface area contributed by atoms with E-state index < -0.39 is 6.10 Å². The van der Waals surface area contributed by atoms with Gasteiger partial charge in [0.05, 0.1) is 0 Å². The second-order valence-corrected chi connectivity index (χ2v) is 19.5. The fraction of sp³-hybridized carbons (Fsp3) is 0.762. The van der Waals surface area contributed by atoms with Crippen LogP contribution in [0.2, 0.25) is 0 Å². The number of hydrogen-bond donors (Lipinski definition) is 0. The largest absolute Gasteiger partial charge is 0.462 e. The second kappa shape index (κ2) is 57.4. The lowest BCUT2D eigenvalue weighted by atomic mass is 10.0. The van der Waals surface area contributed by atoms with Gasteiger partial charge in [-0.15, -0.1) is 0 Å². The normalized spacial score (nSPS) is 12.6. The quantitative estimate of drug-likeness (QED) is 0.0262. The van der Waals surface area contributed by atoms with Crippen LogP contribution in [0.15, 0.2) is 72.9 Å². The van der Waals surface area contributed by atoms with Gasteiger partial charge in [0, 0.05) is 19.3 Å². The molecule has 0 spiro atoms. The van der Waals surface area contributed by atoms with Gasteiger partial charge < -0.3 is 14.2 Å². The van der Waals surface area contributed by atoms with E-state index in [1.54, 1.807) is 0 Å². The minimum absolute atomic E-state index is 0.0959. The van der Waals surface area contributed by atoms with E-state index in [1.807, 2.05) is 0 Å². The Morgan fingerprint density at radius 3 is 0.942 bits per heavy atom. The molecule has 0 saturated heterocycles. The first-order valence-corrected chi connectivity index (χ1v) is 29.4. The molecule has 0 aliphatic carbocycles. The minimum Gasteiger partial charge on any atom is -0.462 e. The fourth-order valence-electron chi connectivity index (χ4n) is 8.30. The molecule has 6 heteroatoms. The van der Waals surface area contributed by atoms with E-state index in [0.717, 1.165) is 77.0 Å². The predicted molar refractivity (Wildman–Crippen MR) is 298 cm³/mol. The van der Waals surface area contributed by atoms with Crippen molar-refractivity contribution >= 4 is 17.9 Å². The molecule has 0 aliphatic heterocycles. The Balaban J connectivity index is 4.43. The minimum atomic E-state index is -0.804. The Kier molecular flexibility index (Phi) is 54.8. The molecule has 0 rings (SSSR count). The van der Waals surface area contributed by atoms with Gasteiger partial charge >= 0.3 is 17.9 Å². The first-order chi connectivity index (χ1) is 34.0. The first-order valence-electron chi connectivity index (χ1n) is 29.4. The van der Waals surface area contributed by atoms with Gasteiger partial charge in [-0.25, -0.2) is 0 Å². The van der Waals surface area contributed by atoms with Gasteiger partial charge in [-0.2, -0.15) is 0 Å². The van der Waals surface area contributed by atoms with Gasteiger partial charge in [-0.05, 0) is 83.5 Å². The molecular formula is C63H110O6. The Hall–Kier alpha value is -3.15. The highest BCUT2D eigenvalue weighted by atomic mass is 16.6. The molecule has 0 bridgehead atoms. The van der Waals surface area contributed by atoms with Crippen molar-refractivity contribution in [3.05, 3.63) is 72.9 Å². The summed E-state index contributed by atoms with van der Waals surface area (Å²) in [6.45, 7) is 6.50. The standard InChI is InChI=1S/C63H110O6/c1-4-7-10-13-16-19-22-25-28-30-31-33-35-38-41-44-47-50-53-56-62(65)68-59-60(58-67-61(64)55-52-49-46-43-40-37-34-27-24-21-18-15-12-9-6-3)69-63(66)57-54-51-48-45-42-39-36-32-29-26-23-20-17-14-11-8-5-2/h8,11,17,20,25-26,28-29,36,39,45,48,60H,4-7,9-10,12-16,18-19,21-24,27,30-35,37-38,40-44,46-47,49-59H2,1-3H3/b11-8-,20-17-,28-25-,29-26-,39-36-,48-45-. The highest BCUT2D eigenvalue weighted by Crippen LogP contribution is 2.16. The Morgan fingerprint density at radius 1 is 0.304 bits per heavy atom. The zero-order valence-electron chi connectivity index (χ0n) is 45.6. The van der Waals surface area contributed by atoms with E-state index in [1.165, 1.54) is 167 Å². The van der Waals surface area contributed by atoms with Gasteiger partial charge in [0.1, 0.15) is 13.2 Å². The summed E-state index contributed by atoms with van der Waals surface area (Å²) in [6.07, 6.45) is 73.3. The van der Waals surface area contributed by atoms with E-state index in [-0.39, 0.29) is 37.5 Å². The molecule has 0 aromatic rings. The monoisotopic (exact) mass is 963 g/mol. The third kappa shape index (κ3) is 55.6. The molecule has 0 aliphatic rings. The maximum atomic E-state index is 12.8. The van der Waals surface area contributed by atoms with Crippen molar-refractivity contribution < 1.29 is 28.6 Å². The summed E-state index contributed by atoms with van der Waals surface area (Å²) in [7, 11) is 0. The van der Waals surface area contributed by atoms with Crippen molar-refractivity contribution in [1.82, 2.24) is 0 Å². The highest BCUT2D eigenvalue weighted by molar-refractivity contribution is 5.71. The highest BCUT2D eigenvalue weighted by Gasteiger charge is 2.19. The predicted octanol–water partition coefficient (Wildman–Crippen LogP) is 19.8. The van der Waals surface area contributed by atoms with Crippen molar-refractivity contribution in [2.24, 2.45) is 0 Å². The van der Waals surface area contributed by atoms with Gasteiger partial charge in [-0.3, -0.25) is 14.4 Å². The summed E-state index contributed by atoms with van der Waals surface area (Å²) >= 11 is 0. The van der Waals surface area contributed by atoms with E-state index in [2.05, 4.69) is 93.7 Å². The van der Waals surface area contributed by atoms with E-state index in [0.29, 0.717) is 19.3 Å². The summed E-state index contributed by atoms with van der Waals surface area (Å²) in [5.74, 6) is -0.946. The van der Waals surface area contributed by atoms with Crippen molar-refractivity contribution in [3.8, 4) is 0 Å². The number of carbonyl (C=O) groups is 3. The van der Waals surface area contributed by atoms with Crippen LogP contribution in [0.4, 0.5) is 0 Å². The molecule has 0 saturated carbocycles. The lowest BCUT2D eigenvalue weighted by Gasteiger charge is -2.18. The number of unbranched alkanes of at least 4 members (excludes halogenated alkanes) is 30. The van der Waals surface area contributed by atoms with E-state index >= 15 is 0 Å². The third-order valence-corrected chi connectivity index (χ3v) is 12.7. The van der Waals surface area contributed by atoms with Crippen molar-refractivity contribution in [3.63, 3.8) is 0 Å². The molecule has 1 unspecified atom stereocenters. The second-order valence-electron chi connectivity index (χ2n) is 19.5. The Morgan fingerprint density at radius 2 is 0.580 bits per heavy atom. The third-order valence-electron chi connectivity index (χ3n) is 12.7. The summed E-state index contributed by atoms with van der Waals surface area (Å²) in [6, 6.07) is 0. The zero-order chi connectivity index (χ0) is 50.0. The summed E-state index contributed by atoms with van der Waals surface area (Å²) < 4.78 is 16.8. The van der Waals surface area contributed by atoms with Crippen LogP contribution in [0.1, 0.15) is 290 Å². The number of allylic oxidation sites excluding steroid dienone is 12. The molecule has 0 fully saturated rings. The fourth-order valence-corrected chi connectivity index (χ4v) is 8.30. The Labute approximate surface area is 427 Å². The maximum absolute atomic E-state index is 12.8. The van der Waals surface area contributed by atoms with Crippen LogP contribution in [0.5, 0.6) is 0 Å². The summed E-state index contributed by atoms with van der Waals surface area (Å²) in [4.78, 5) is 38.2. The molecule has 0 amide bonds. The molecular weight excluding hydrogens is 853 g/mol. The average Bonchev–Trinajstić information content (AvgIpc) is 3.35. The van der Waals surface area contributed by atoms with Crippen molar-refractivity contribution in [2.75, 3.05) is 13.2 Å².